The number of benzene rings is 2. The first-order valence-corrected chi connectivity index (χ1v) is 8.56. The van der Waals surface area contributed by atoms with Gasteiger partial charge in [0.05, 0.1) is 12.2 Å². The SMILES string of the molecule is CC(=O)Nc1ccc(N=Cc2c(O)n(Cc3ccc(F)cc3)c(=O)[nH]c2=O)cc1. The zero-order chi connectivity index (χ0) is 21.0. The highest BCUT2D eigenvalue weighted by Crippen LogP contribution is 2.17. The summed E-state index contributed by atoms with van der Waals surface area (Å²) < 4.78 is 14.0. The van der Waals surface area contributed by atoms with Gasteiger partial charge in [-0.25, -0.2) is 9.18 Å². The van der Waals surface area contributed by atoms with Crippen LogP contribution in [0.2, 0.25) is 0 Å². The Labute approximate surface area is 164 Å². The molecule has 0 aliphatic heterocycles. The van der Waals surface area contributed by atoms with E-state index in [1.54, 1.807) is 24.3 Å². The van der Waals surface area contributed by atoms with E-state index < -0.39 is 22.9 Å². The number of amides is 1. The number of hydrogen-bond donors (Lipinski definition) is 3. The average Bonchev–Trinajstić information content (AvgIpc) is 2.67. The maximum Gasteiger partial charge on any atom is 0.331 e. The lowest BCUT2D eigenvalue weighted by Gasteiger charge is -2.09. The summed E-state index contributed by atoms with van der Waals surface area (Å²) in [7, 11) is 0. The van der Waals surface area contributed by atoms with Crippen LogP contribution >= 0.6 is 0 Å². The second kappa shape index (κ2) is 8.34. The molecule has 0 unspecified atom stereocenters. The number of anilines is 1. The standard InChI is InChI=1S/C20H17FN4O4/c1-12(26)23-16-8-6-15(7-9-16)22-10-17-18(27)24-20(29)25(19(17)28)11-13-2-4-14(21)5-3-13/h2-10,28H,11H2,1H3,(H,23,26)(H,24,27,29). The van der Waals surface area contributed by atoms with Crippen molar-refractivity contribution >= 4 is 23.5 Å². The highest BCUT2D eigenvalue weighted by atomic mass is 19.1. The lowest BCUT2D eigenvalue weighted by Crippen LogP contribution is -2.32. The lowest BCUT2D eigenvalue weighted by molar-refractivity contribution is -0.114. The first-order valence-electron chi connectivity index (χ1n) is 8.56. The van der Waals surface area contributed by atoms with Gasteiger partial charge < -0.3 is 10.4 Å². The van der Waals surface area contributed by atoms with Gasteiger partial charge in [0, 0.05) is 18.8 Å². The molecule has 3 N–H and O–H groups in total. The molecule has 2 aromatic carbocycles. The zero-order valence-corrected chi connectivity index (χ0v) is 15.3. The highest BCUT2D eigenvalue weighted by Gasteiger charge is 2.13. The van der Waals surface area contributed by atoms with Gasteiger partial charge in [-0.3, -0.25) is 24.1 Å². The molecular formula is C20H17FN4O4. The minimum absolute atomic E-state index is 0.0615. The number of carbonyl (C=O) groups is 1. The van der Waals surface area contributed by atoms with Crippen LogP contribution in [0.5, 0.6) is 5.88 Å². The van der Waals surface area contributed by atoms with Crippen molar-refractivity contribution in [2.75, 3.05) is 5.32 Å². The van der Waals surface area contributed by atoms with E-state index in [9.17, 15) is 23.9 Å². The average molecular weight is 396 g/mol. The van der Waals surface area contributed by atoms with E-state index in [-0.39, 0.29) is 18.0 Å². The first-order chi connectivity index (χ1) is 13.8. The third kappa shape index (κ3) is 4.83. The van der Waals surface area contributed by atoms with E-state index in [2.05, 4.69) is 15.3 Å². The van der Waals surface area contributed by atoms with Gasteiger partial charge >= 0.3 is 5.69 Å². The fraction of sp³-hybridized carbons (Fsp3) is 0.100. The Morgan fingerprint density at radius 3 is 2.45 bits per heavy atom. The van der Waals surface area contributed by atoms with Gasteiger partial charge in [-0.15, -0.1) is 0 Å². The van der Waals surface area contributed by atoms with Crippen LogP contribution < -0.4 is 16.6 Å². The number of rotatable bonds is 5. The molecule has 0 aliphatic rings. The van der Waals surface area contributed by atoms with Crippen LogP contribution in [0.15, 0.2) is 63.1 Å². The second-order valence-corrected chi connectivity index (χ2v) is 6.20. The fourth-order valence-electron chi connectivity index (χ4n) is 2.58. The van der Waals surface area contributed by atoms with Crippen molar-refractivity contribution < 1.29 is 14.3 Å². The minimum atomic E-state index is -0.798. The zero-order valence-electron chi connectivity index (χ0n) is 15.3. The molecule has 3 rings (SSSR count). The summed E-state index contributed by atoms with van der Waals surface area (Å²) in [6.45, 7) is 1.33. The quantitative estimate of drug-likeness (QED) is 0.573. The van der Waals surface area contributed by atoms with Gasteiger partial charge in [-0.2, -0.15) is 0 Å². The van der Waals surface area contributed by atoms with Gasteiger partial charge in [0.15, 0.2) is 0 Å². The van der Waals surface area contributed by atoms with Crippen LogP contribution in [-0.4, -0.2) is 26.8 Å². The number of aliphatic imine (C=N–C) groups is 1. The van der Waals surface area contributed by atoms with E-state index in [0.29, 0.717) is 16.9 Å². The van der Waals surface area contributed by atoms with Crippen LogP contribution in [-0.2, 0) is 11.3 Å². The summed E-state index contributed by atoms with van der Waals surface area (Å²) in [5.41, 5.74) is -0.167. The van der Waals surface area contributed by atoms with Crippen molar-refractivity contribution in [1.82, 2.24) is 9.55 Å². The molecule has 0 saturated heterocycles. The lowest BCUT2D eigenvalue weighted by atomic mass is 10.2. The molecule has 9 heteroatoms. The Morgan fingerprint density at radius 2 is 1.83 bits per heavy atom. The number of aromatic hydroxyl groups is 1. The summed E-state index contributed by atoms with van der Waals surface area (Å²) in [6, 6.07) is 11.9. The third-order valence-electron chi connectivity index (χ3n) is 3.99. The van der Waals surface area contributed by atoms with Crippen molar-refractivity contribution in [2.45, 2.75) is 13.5 Å². The van der Waals surface area contributed by atoms with Gasteiger partial charge in [0.25, 0.3) is 5.56 Å². The summed E-state index contributed by atoms with van der Waals surface area (Å²) in [6.07, 6.45) is 1.14. The number of nitrogens with zero attached hydrogens (tertiary/aromatic N) is 2. The Morgan fingerprint density at radius 1 is 1.17 bits per heavy atom. The molecule has 1 amide bonds. The molecule has 0 bridgehead atoms. The first kappa shape index (κ1) is 19.7. The van der Waals surface area contributed by atoms with E-state index in [0.717, 1.165) is 10.8 Å². The number of aromatic nitrogens is 2. The predicted octanol–water partition coefficient (Wildman–Crippen LogP) is 2.14. The summed E-state index contributed by atoms with van der Waals surface area (Å²) in [5.74, 6) is -1.19. The topological polar surface area (TPSA) is 117 Å². The van der Waals surface area contributed by atoms with Gasteiger partial charge in [0.2, 0.25) is 11.8 Å². The van der Waals surface area contributed by atoms with Gasteiger partial charge in [0.1, 0.15) is 11.4 Å². The van der Waals surface area contributed by atoms with Crippen molar-refractivity contribution in [2.24, 2.45) is 4.99 Å². The number of hydrogen-bond acceptors (Lipinski definition) is 5. The second-order valence-electron chi connectivity index (χ2n) is 6.20. The number of aromatic amines is 1. The molecule has 8 nitrogen and oxygen atoms in total. The molecule has 0 atom stereocenters. The van der Waals surface area contributed by atoms with Crippen LogP contribution in [0.25, 0.3) is 0 Å². The van der Waals surface area contributed by atoms with E-state index in [4.69, 9.17) is 0 Å². The third-order valence-corrected chi connectivity index (χ3v) is 3.99. The van der Waals surface area contributed by atoms with Crippen LogP contribution in [0.4, 0.5) is 15.8 Å². The molecule has 1 aromatic heterocycles. The molecule has 0 aliphatic carbocycles. The number of carbonyl (C=O) groups excluding carboxylic acids is 1. The molecule has 1 heterocycles. The number of H-pyrrole nitrogens is 1. The minimum Gasteiger partial charge on any atom is -0.494 e. The molecule has 0 fully saturated rings. The maximum atomic E-state index is 13.0. The summed E-state index contributed by atoms with van der Waals surface area (Å²) >= 11 is 0. The van der Waals surface area contributed by atoms with E-state index in [1.807, 2.05) is 0 Å². The Hall–Kier alpha value is -4.01. The summed E-state index contributed by atoms with van der Waals surface area (Å²) in [5, 5.41) is 13.0. The number of nitrogens with one attached hydrogen (secondary N) is 2. The maximum absolute atomic E-state index is 13.0. The smallest absolute Gasteiger partial charge is 0.331 e. The molecule has 0 saturated carbocycles. The van der Waals surface area contributed by atoms with Crippen molar-refractivity contribution in [3.8, 4) is 5.88 Å². The van der Waals surface area contributed by atoms with Gasteiger partial charge in [-0.05, 0) is 42.0 Å². The van der Waals surface area contributed by atoms with Gasteiger partial charge in [-0.1, -0.05) is 12.1 Å². The van der Waals surface area contributed by atoms with Crippen LogP contribution in [0.1, 0.15) is 18.1 Å². The van der Waals surface area contributed by atoms with Crippen molar-refractivity contribution in [3.05, 3.63) is 86.3 Å². The summed E-state index contributed by atoms with van der Waals surface area (Å²) in [4.78, 5) is 41.5. The molecule has 148 valence electrons. The molecule has 0 radical (unpaired) electrons. The molecule has 0 spiro atoms. The Balaban J connectivity index is 1.90. The molecular weight excluding hydrogens is 379 g/mol. The molecule has 29 heavy (non-hydrogen) atoms. The largest absolute Gasteiger partial charge is 0.494 e. The molecule has 3 aromatic rings. The van der Waals surface area contributed by atoms with Crippen LogP contribution in [0, 0.1) is 5.82 Å². The monoisotopic (exact) mass is 396 g/mol. The Bertz CT molecular complexity index is 1180. The van der Waals surface area contributed by atoms with Crippen LogP contribution in [0.3, 0.4) is 0 Å². The fourth-order valence-corrected chi connectivity index (χ4v) is 2.58. The normalized spacial score (nSPS) is 11.0. The highest BCUT2D eigenvalue weighted by molar-refractivity contribution is 5.89. The van der Waals surface area contributed by atoms with E-state index >= 15 is 0 Å². The van der Waals surface area contributed by atoms with Crippen molar-refractivity contribution in [1.29, 1.82) is 0 Å². The van der Waals surface area contributed by atoms with Crippen molar-refractivity contribution in [3.63, 3.8) is 0 Å². The number of halogens is 1. The van der Waals surface area contributed by atoms with E-state index in [1.165, 1.54) is 31.2 Å². The Kier molecular flexibility index (Phi) is 5.68. The predicted molar refractivity (Wildman–Crippen MR) is 106 cm³/mol.